The molecule has 0 bridgehead atoms. The lowest BCUT2D eigenvalue weighted by Crippen LogP contribution is -2.60. The molecule has 70 heavy (non-hydrogen) atoms. The Kier molecular flexibility index (Phi) is 20.5. The fourth-order valence-corrected chi connectivity index (χ4v) is 8.81. The SMILES string of the molecule is CC(C)C[C@@H]1NC(=O)[C@H](Cc2cn(Cc3cncc(F)c3)c3ccccc23)N(C)C(=O)[C@H](CC(C)C)NC(=O)[C@H](CC(C)C)N(C)C(=O)[C@H](CC(C)C)NC(=O)[C@@H](CCC#N)OC(=O)[C@H](C)N(C)C1=O. The van der Waals surface area contributed by atoms with Crippen molar-refractivity contribution in [3.63, 3.8) is 0 Å². The molecule has 1 aliphatic heterocycles. The van der Waals surface area contributed by atoms with Gasteiger partial charge in [-0.25, -0.2) is 9.18 Å². The zero-order valence-electron chi connectivity index (χ0n) is 43.0. The highest BCUT2D eigenvalue weighted by molar-refractivity contribution is 5.98. The highest BCUT2D eigenvalue weighted by atomic mass is 19.1. The van der Waals surface area contributed by atoms with Gasteiger partial charge in [0.2, 0.25) is 29.5 Å². The lowest BCUT2D eigenvalue weighted by Gasteiger charge is -2.35. The van der Waals surface area contributed by atoms with Gasteiger partial charge in [0.25, 0.3) is 5.91 Å². The van der Waals surface area contributed by atoms with Gasteiger partial charge >= 0.3 is 5.97 Å². The third-order valence-corrected chi connectivity index (χ3v) is 12.6. The van der Waals surface area contributed by atoms with Crippen molar-refractivity contribution in [2.45, 2.75) is 156 Å². The van der Waals surface area contributed by atoms with Crippen molar-refractivity contribution < 1.29 is 42.7 Å². The van der Waals surface area contributed by atoms with Gasteiger partial charge in [-0.2, -0.15) is 5.26 Å². The summed E-state index contributed by atoms with van der Waals surface area (Å²) in [4.78, 5) is 109. The molecule has 1 aliphatic rings. The molecule has 0 unspecified atom stereocenters. The molecule has 382 valence electrons. The van der Waals surface area contributed by atoms with Crippen LogP contribution in [-0.2, 0) is 51.3 Å². The Labute approximate surface area is 412 Å². The molecule has 18 heteroatoms. The fourth-order valence-electron chi connectivity index (χ4n) is 8.81. The lowest BCUT2D eigenvalue weighted by molar-refractivity contribution is -0.163. The van der Waals surface area contributed by atoms with Gasteiger partial charge in [0.1, 0.15) is 42.1 Å². The van der Waals surface area contributed by atoms with Crippen LogP contribution in [-0.4, -0.2) is 129 Å². The second-order valence-corrected chi connectivity index (χ2v) is 20.4. The van der Waals surface area contributed by atoms with Crippen molar-refractivity contribution in [3.8, 4) is 6.07 Å². The molecule has 0 radical (unpaired) electrons. The second kappa shape index (κ2) is 25.5. The fraction of sp³-hybridized carbons (Fsp3) is 0.596. The summed E-state index contributed by atoms with van der Waals surface area (Å²) in [6.07, 6.45) is 3.21. The molecule has 7 atom stereocenters. The largest absolute Gasteiger partial charge is 0.451 e. The van der Waals surface area contributed by atoms with E-state index in [4.69, 9.17) is 4.74 Å². The highest BCUT2D eigenvalue weighted by Gasteiger charge is 2.40. The van der Waals surface area contributed by atoms with Gasteiger partial charge in [-0.3, -0.25) is 33.8 Å². The first kappa shape index (κ1) is 56.2. The number of amides is 6. The van der Waals surface area contributed by atoms with Crippen LogP contribution in [0.3, 0.4) is 0 Å². The zero-order valence-corrected chi connectivity index (χ0v) is 43.0. The van der Waals surface area contributed by atoms with Gasteiger partial charge in [-0.05, 0) is 79.5 Å². The summed E-state index contributed by atoms with van der Waals surface area (Å²) in [6, 6.07) is 3.62. The molecule has 2 aromatic heterocycles. The minimum atomic E-state index is -1.52. The third-order valence-electron chi connectivity index (χ3n) is 12.6. The topological polar surface area (TPSA) is 216 Å². The first-order chi connectivity index (χ1) is 32.9. The standard InChI is InChI=1S/C52H74FN9O8/c1-30(2)20-39-49(66)59(10)34(9)52(69)70-45(18-15-19-54)48(65)58-41(22-32(5)6)51(68)60(11)43(23-33(7)8)46(63)57-40(21-31(3)4)50(67)61(12)44(47(64)56-39)25-36-29-62(42-17-14-13-16-38(36)42)28-35-24-37(53)27-55-26-35/h13-14,16-17,24,26-27,29-34,39-41,43-45H,15,18,20-23,25,28H2,1-12H3,(H,56,64)(H,57,63)(H,58,65)/t34-,39-,40-,41-,43-,44-,45+/m0/s1. The van der Waals surface area contributed by atoms with Gasteiger partial charge in [0.15, 0.2) is 6.10 Å². The number of hydrogen-bond donors (Lipinski definition) is 3. The number of benzene rings is 1. The monoisotopic (exact) mass is 972 g/mol. The number of aromatic nitrogens is 2. The summed E-state index contributed by atoms with van der Waals surface area (Å²) in [6.45, 7) is 16.7. The number of ether oxygens (including phenoxy) is 1. The summed E-state index contributed by atoms with van der Waals surface area (Å²) in [7, 11) is 4.32. The van der Waals surface area contributed by atoms with Crippen molar-refractivity contribution in [3.05, 3.63) is 65.9 Å². The maximum Gasteiger partial charge on any atom is 0.329 e. The number of esters is 1. The number of cyclic esters (lactones) is 1. The molecule has 6 amide bonds. The van der Waals surface area contributed by atoms with Crippen LogP contribution in [0.15, 0.2) is 48.9 Å². The number of halogens is 1. The molecular weight excluding hydrogens is 898 g/mol. The van der Waals surface area contributed by atoms with Gasteiger partial charge in [-0.1, -0.05) is 73.6 Å². The number of pyridine rings is 1. The molecule has 1 aromatic carbocycles. The van der Waals surface area contributed by atoms with Gasteiger partial charge in [0.05, 0.1) is 12.3 Å². The average molecular weight is 972 g/mol. The number of nitriles is 1. The highest BCUT2D eigenvalue weighted by Crippen LogP contribution is 2.26. The number of nitrogens with one attached hydrogen (secondary N) is 3. The second-order valence-electron chi connectivity index (χ2n) is 20.4. The van der Waals surface area contributed by atoms with Crippen molar-refractivity contribution >= 4 is 52.3 Å². The van der Waals surface area contributed by atoms with Crippen LogP contribution in [0.4, 0.5) is 4.39 Å². The summed E-state index contributed by atoms with van der Waals surface area (Å²) in [5, 5.41) is 18.9. The van der Waals surface area contributed by atoms with Crippen LogP contribution in [0.2, 0.25) is 0 Å². The minimum Gasteiger partial charge on any atom is -0.451 e. The number of fused-ring (bicyclic) bond motifs is 1. The van der Waals surface area contributed by atoms with Crippen LogP contribution in [0.1, 0.15) is 112 Å². The summed E-state index contributed by atoms with van der Waals surface area (Å²) in [5.74, 6) is -5.91. The van der Waals surface area contributed by atoms with Crippen molar-refractivity contribution in [2.24, 2.45) is 23.7 Å². The number of likely N-dealkylation sites (N-methyl/N-ethyl adjacent to an activating group) is 3. The van der Waals surface area contributed by atoms with E-state index in [1.54, 1.807) is 6.20 Å². The van der Waals surface area contributed by atoms with Crippen LogP contribution < -0.4 is 16.0 Å². The van der Waals surface area contributed by atoms with Crippen molar-refractivity contribution in [1.29, 1.82) is 5.26 Å². The summed E-state index contributed by atoms with van der Waals surface area (Å²) in [5.41, 5.74) is 2.03. The zero-order chi connectivity index (χ0) is 52.1. The van der Waals surface area contributed by atoms with Crippen LogP contribution >= 0.6 is 0 Å². The molecule has 1 saturated heterocycles. The molecule has 3 aromatic rings. The smallest absolute Gasteiger partial charge is 0.329 e. The first-order valence-corrected chi connectivity index (χ1v) is 24.4. The molecule has 17 nitrogen and oxygen atoms in total. The Morgan fingerprint density at radius 2 is 1.20 bits per heavy atom. The molecule has 0 saturated carbocycles. The van der Waals surface area contributed by atoms with Crippen LogP contribution in [0.25, 0.3) is 10.9 Å². The predicted molar refractivity (Wildman–Crippen MR) is 263 cm³/mol. The van der Waals surface area contributed by atoms with E-state index in [2.05, 4.69) is 20.9 Å². The number of carbonyl (C=O) groups is 7. The number of nitrogens with zero attached hydrogens (tertiary/aromatic N) is 6. The van der Waals surface area contributed by atoms with E-state index < -0.39 is 89.6 Å². The van der Waals surface area contributed by atoms with Crippen LogP contribution in [0, 0.1) is 40.8 Å². The van der Waals surface area contributed by atoms with E-state index in [0.717, 1.165) is 22.0 Å². The Balaban J connectivity index is 1.92. The van der Waals surface area contributed by atoms with E-state index in [-0.39, 0.29) is 75.2 Å². The lowest BCUT2D eigenvalue weighted by atomic mass is 9.96. The average Bonchev–Trinajstić information content (AvgIpc) is 3.63. The molecule has 0 spiro atoms. The molecule has 0 aliphatic carbocycles. The molecule has 1 fully saturated rings. The Hall–Kier alpha value is -6.38. The minimum absolute atomic E-state index is 0.0535. The number of hydrogen-bond acceptors (Lipinski definition) is 10. The maximum absolute atomic E-state index is 15.1. The van der Waals surface area contributed by atoms with E-state index in [1.165, 1.54) is 43.9 Å². The van der Waals surface area contributed by atoms with E-state index in [0.29, 0.717) is 11.1 Å². The first-order valence-electron chi connectivity index (χ1n) is 24.4. The van der Waals surface area contributed by atoms with Crippen molar-refractivity contribution in [1.82, 2.24) is 40.2 Å². The number of para-hydroxylation sites is 1. The normalized spacial score (nSPS) is 23.2. The predicted octanol–water partition coefficient (Wildman–Crippen LogP) is 5.14. The number of carbonyl (C=O) groups excluding carboxylic acids is 7. The molecule has 4 rings (SSSR count). The Bertz CT molecular complexity index is 2380. The molecular formula is C52H74FN9O8. The van der Waals surface area contributed by atoms with Gasteiger partial charge < -0.3 is 40.0 Å². The Morgan fingerprint density at radius 3 is 1.73 bits per heavy atom. The molecule has 3 heterocycles. The van der Waals surface area contributed by atoms with Gasteiger partial charge in [0, 0.05) is 70.2 Å². The molecule has 3 N–H and O–H groups in total. The van der Waals surface area contributed by atoms with E-state index in [9.17, 15) is 33.6 Å². The van der Waals surface area contributed by atoms with Crippen molar-refractivity contribution in [2.75, 3.05) is 21.1 Å². The van der Waals surface area contributed by atoms with Crippen LogP contribution in [0.5, 0.6) is 0 Å². The summed E-state index contributed by atoms with van der Waals surface area (Å²) >= 11 is 0. The quantitative estimate of drug-likeness (QED) is 0.181. The number of rotatable bonds is 14. The van der Waals surface area contributed by atoms with E-state index >= 15 is 9.59 Å². The Morgan fingerprint density at radius 1 is 0.700 bits per heavy atom. The summed E-state index contributed by atoms with van der Waals surface area (Å²) < 4.78 is 21.9. The van der Waals surface area contributed by atoms with Gasteiger partial charge in [-0.15, -0.1) is 0 Å². The van der Waals surface area contributed by atoms with E-state index in [1.807, 2.05) is 96.5 Å². The maximum atomic E-state index is 15.1. The third kappa shape index (κ3) is 15.1.